The molecule has 0 saturated carbocycles. The first-order chi connectivity index (χ1) is 10.3. The van der Waals surface area contributed by atoms with Gasteiger partial charge in [0, 0.05) is 5.56 Å². The fourth-order valence-electron chi connectivity index (χ4n) is 3.49. The monoisotopic (exact) mass is 316 g/mol. The predicted octanol–water partition coefficient (Wildman–Crippen LogP) is 5.04. The van der Waals surface area contributed by atoms with Gasteiger partial charge in [0.05, 0.1) is 12.7 Å². The van der Waals surface area contributed by atoms with Gasteiger partial charge in [0.1, 0.15) is 8.07 Å². The Balaban J connectivity index is 3.40. The van der Waals surface area contributed by atoms with Gasteiger partial charge in [0.2, 0.25) is 0 Å². The standard InChI is InChI=1S/C19H28O2Si/c1-14(2)22(15(3)4,16(5)6)13-12-17-10-8-9-11-18(17)19(20)21-7/h8-11,14-16H,1-7H3. The number of benzene rings is 1. The summed E-state index contributed by atoms with van der Waals surface area (Å²) in [5.41, 5.74) is 6.70. The zero-order valence-corrected chi connectivity index (χ0v) is 15.9. The van der Waals surface area contributed by atoms with Crippen molar-refractivity contribution in [3.8, 4) is 11.5 Å². The lowest BCUT2D eigenvalue weighted by atomic mass is 10.1. The van der Waals surface area contributed by atoms with Crippen LogP contribution in [-0.4, -0.2) is 21.2 Å². The van der Waals surface area contributed by atoms with Crippen molar-refractivity contribution < 1.29 is 9.53 Å². The molecule has 0 bridgehead atoms. The van der Waals surface area contributed by atoms with Crippen molar-refractivity contribution in [1.29, 1.82) is 0 Å². The van der Waals surface area contributed by atoms with Crippen LogP contribution >= 0.6 is 0 Å². The molecular weight excluding hydrogens is 288 g/mol. The molecule has 0 amide bonds. The Labute approximate surface area is 136 Å². The Kier molecular flexibility index (Phi) is 6.43. The summed E-state index contributed by atoms with van der Waals surface area (Å²) in [5, 5.41) is 0. The number of esters is 1. The number of hydrogen-bond donors (Lipinski definition) is 0. The van der Waals surface area contributed by atoms with E-state index in [4.69, 9.17) is 4.74 Å². The maximum Gasteiger partial charge on any atom is 0.339 e. The Morgan fingerprint density at radius 2 is 1.50 bits per heavy atom. The van der Waals surface area contributed by atoms with Gasteiger partial charge in [-0.05, 0) is 28.8 Å². The van der Waals surface area contributed by atoms with Crippen LogP contribution in [0.2, 0.25) is 16.6 Å². The molecule has 0 aromatic heterocycles. The maximum absolute atomic E-state index is 11.9. The molecule has 0 N–H and O–H groups in total. The second-order valence-corrected chi connectivity index (χ2v) is 12.3. The van der Waals surface area contributed by atoms with Crippen LogP contribution in [0.3, 0.4) is 0 Å². The average molecular weight is 317 g/mol. The van der Waals surface area contributed by atoms with Gasteiger partial charge in [-0.2, -0.15) is 0 Å². The van der Waals surface area contributed by atoms with Crippen LogP contribution in [0.4, 0.5) is 0 Å². The van der Waals surface area contributed by atoms with Gasteiger partial charge in [-0.25, -0.2) is 4.79 Å². The van der Waals surface area contributed by atoms with Crippen LogP contribution in [0.15, 0.2) is 24.3 Å². The third kappa shape index (κ3) is 3.62. The quantitative estimate of drug-likeness (QED) is 0.442. The van der Waals surface area contributed by atoms with E-state index >= 15 is 0 Å². The lowest BCUT2D eigenvalue weighted by Crippen LogP contribution is -2.43. The molecule has 22 heavy (non-hydrogen) atoms. The molecule has 0 fully saturated rings. The smallest absolute Gasteiger partial charge is 0.339 e. The second-order valence-electron chi connectivity index (χ2n) is 6.68. The zero-order chi connectivity index (χ0) is 16.9. The first-order valence-corrected chi connectivity index (χ1v) is 10.2. The molecule has 3 heteroatoms. The third-order valence-electron chi connectivity index (χ3n) is 4.61. The van der Waals surface area contributed by atoms with Crippen LogP contribution in [0.5, 0.6) is 0 Å². The molecule has 0 aliphatic carbocycles. The van der Waals surface area contributed by atoms with E-state index in [1.165, 1.54) is 7.11 Å². The van der Waals surface area contributed by atoms with E-state index in [0.717, 1.165) is 5.56 Å². The third-order valence-corrected chi connectivity index (χ3v) is 10.9. The highest BCUT2D eigenvalue weighted by Crippen LogP contribution is 2.40. The Bertz CT molecular complexity index is 555. The summed E-state index contributed by atoms with van der Waals surface area (Å²) in [4.78, 5) is 11.9. The highest BCUT2D eigenvalue weighted by molar-refractivity contribution is 6.90. The summed E-state index contributed by atoms with van der Waals surface area (Å²) in [7, 11) is -0.387. The predicted molar refractivity (Wildman–Crippen MR) is 95.7 cm³/mol. The van der Waals surface area contributed by atoms with E-state index in [1.54, 1.807) is 6.07 Å². The Morgan fingerprint density at radius 3 is 1.95 bits per heavy atom. The minimum atomic E-state index is -1.79. The molecule has 0 heterocycles. The number of carbonyl (C=O) groups excluding carboxylic acids is 1. The zero-order valence-electron chi connectivity index (χ0n) is 14.9. The lowest BCUT2D eigenvalue weighted by Gasteiger charge is -2.38. The number of methoxy groups -OCH3 is 1. The Hall–Kier alpha value is -1.53. The lowest BCUT2D eigenvalue weighted by molar-refractivity contribution is 0.0600. The summed E-state index contributed by atoms with van der Waals surface area (Å²) >= 11 is 0. The average Bonchev–Trinajstić information content (AvgIpc) is 2.46. The molecule has 0 saturated heterocycles. The van der Waals surface area contributed by atoms with Crippen LogP contribution in [0.25, 0.3) is 0 Å². The number of ether oxygens (including phenoxy) is 1. The molecule has 0 radical (unpaired) electrons. The number of hydrogen-bond acceptors (Lipinski definition) is 2. The molecule has 1 aromatic rings. The van der Waals surface area contributed by atoms with E-state index in [9.17, 15) is 4.79 Å². The fraction of sp³-hybridized carbons (Fsp3) is 0.526. The fourth-order valence-corrected chi connectivity index (χ4v) is 8.71. The molecule has 0 spiro atoms. The maximum atomic E-state index is 11.9. The number of carbonyl (C=O) groups is 1. The highest BCUT2D eigenvalue weighted by Gasteiger charge is 2.41. The topological polar surface area (TPSA) is 26.3 Å². The minimum Gasteiger partial charge on any atom is -0.465 e. The molecule has 1 rings (SSSR count). The molecule has 0 unspecified atom stereocenters. The summed E-state index contributed by atoms with van der Waals surface area (Å²) < 4.78 is 4.86. The Morgan fingerprint density at radius 1 is 1.00 bits per heavy atom. The molecule has 0 aliphatic rings. The molecule has 0 atom stereocenters. The summed E-state index contributed by atoms with van der Waals surface area (Å²) in [6.45, 7) is 13.7. The van der Waals surface area contributed by atoms with Gasteiger partial charge in [-0.15, -0.1) is 5.54 Å². The first kappa shape index (κ1) is 18.5. The number of rotatable bonds is 4. The van der Waals surface area contributed by atoms with E-state index in [1.807, 2.05) is 18.2 Å². The minimum absolute atomic E-state index is 0.323. The van der Waals surface area contributed by atoms with Gasteiger partial charge in [0.15, 0.2) is 0 Å². The second kappa shape index (κ2) is 7.65. The van der Waals surface area contributed by atoms with Gasteiger partial charge in [-0.3, -0.25) is 0 Å². The van der Waals surface area contributed by atoms with Crippen LogP contribution in [0, 0.1) is 11.5 Å². The van der Waals surface area contributed by atoms with E-state index in [2.05, 4.69) is 53.0 Å². The van der Waals surface area contributed by atoms with Crippen LogP contribution in [-0.2, 0) is 4.74 Å². The van der Waals surface area contributed by atoms with Crippen molar-refractivity contribution in [3.63, 3.8) is 0 Å². The summed E-state index contributed by atoms with van der Waals surface area (Å²) in [6.07, 6.45) is 0. The van der Waals surface area contributed by atoms with Crippen molar-refractivity contribution >= 4 is 14.0 Å². The van der Waals surface area contributed by atoms with Gasteiger partial charge < -0.3 is 4.74 Å². The van der Waals surface area contributed by atoms with Crippen molar-refractivity contribution in [2.75, 3.05) is 7.11 Å². The highest BCUT2D eigenvalue weighted by atomic mass is 28.3. The van der Waals surface area contributed by atoms with Crippen molar-refractivity contribution in [2.24, 2.45) is 0 Å². The van der Waals surface area contributed by atoms with Crippen LogP contribution in [0.1, 0.15) is 57.5 Å². The van der Waals surface area contributed by atoms with Crippen LogP contribution < -0.4 is 0 Å². The summed E-state index contributed by atoms with van der Waals surface area (Å²) in [6, 6.07) is 7.44. The van der Waals surface area contributed by atoms with E-state index < -0.39 is 8.07 Å². The normalized spacial score (nSPS) is 11.5. The summed E-state index contributed by atoms with van der Waals surface area (Å²) in [5.74, 6) is 3.00. The molecule has 1 aromatic carbocycles. The molecule has 120 valence electrons. The van der Waals surface area contributed by atoms with Crippen molar-refractivity contribution in [2.45, 2.75) is 58.2 Å². The first-order valence-electron chi connectivity index (χ1n) is 7.97. The van der Waals surface area contributed by atoms with Gasteiger partial charge >= 0.3 is 5.97 Å². The van der Waals surface area contributed by atoms with E-state index in [-0.39, 0.29) is 5.97 Å². The van der Waals surface area contributed by atoms with Crippen molar-refractivity contribution in [1.82, 2.24) is 0 Å². The van der Waals surface area contributed by atoms with Crippen molar-refractivity contribution in [3.05, 3.63) is 35.4 Å². The molecule has 0 aliphatic heterocycles. The molecular formula is C19H28O2Si. The largest absolute Gasteiger partial charge is 0.465 e. The van der Waals surface area contributed by atoms with Gasteiger partial charge in [0.25, 0.3) is 0 Å². The SMILES string of the molecule is COC(=O)c1ccccc1C#C[Si](C(C)C)(C(C)C)C(C)C. The van der Waals surface area contributed by atoms with Gasteiger partial charge in [-0.1, -0.05) is 59.6 Å². The van der Waals surface area contributed by atoms with E-state index in [0.29, 0.717) is 22.2 Å². The molecule has 2 nitrogen and oxygen atoms in total.